The van der Waals surface area contributed by atoms with Gasteiger partial charge in [0.15, 0.2) is 0 Å². The van der Waals surface area contributed by atoms with E-state index in [4.69, 9.17) is 16.9 Å². The topological polar surface area (TPSA) is 68.7 Å². The van der Waals surface area contributed by atoms with Gasteiger partial charge in [-0.25, -0.2) is 0 Å². The molecule has 1 amide bonds. The lowest BCUT2D eigenvalue weighted by atomic mass is 10.1. The Kier molecular flexibility index (Phi) is 3.82. The van der Waals surface area contributed by atoms with Crippen molar-refractivity contribution in [2.24, 2.45) is 0 Å². The number of H-pyrrole nitrogens is 1. The van der Waals surface area contributed by atoms with Crippen LogP contribution in [0.3, 0.4) is 0 Å². The standard InChI is InChI=1S/C17H12ClN3O/c18-14-4-5-15-13(7-14)8-16(21-15)17(22)20-10-12-3-1-2-11(6-12)9-19/h1-8,21H,10H2,(H,20,22). The van der Waals surface area contributed by atoms with Gasteiger partial charge in [0.1, 0.15) is 5.69 Å². The fraction of sp³-hybridized carbons (Fsp3) is 0.0588. The van der Waals surface area contributed by atoms with E-state index in [-0.39, 0.29) is 5.91 Å². The zero-order valence-corrected chi connectivity index (χ0v) is 12.3. The first-order valence-electron chi connectivity index (χ1n) is 6.71. The Hall–Kier alpha value is -2.77. The van der Waals surface area contributed by atoms with Gasteiger partial charge >= 0.3 is 0 Å². The summed E-state index contributed by atoms with van der Waals surface area (Å²) in [6, 6.07) is 16.4. The van der Waals surface area contributed by atoms with E-state index >= 15 is 0 Å². The quantitative estimate of drug-likeness (QED) is 0.775. The monoisotopic (exact) mass is 309 g/mol. The molecule has 3 rings (SSSR count). The van der Waals surface area contributed by atoms with Crippen LogP contribution in [-0.2, 0) is 6.54 Å². The summed E-state index contributed by atoms with van der Waals surface area (Å²) in [6.07, 6.45) is 0. The SMILES string of the molecule is N#Cc1cccc(CNC(=O)c2cc3cc(Cl)ccc3[nH]2)c1. The number of aromatic amines is 1. The van der Waals surface area contributed by atoms with Crippen LogP contribution in [0.15, 0.2) is 48.5 Å². The molecule has 2 aromatic carbocycles. The average Bonchev–Trinajstić information content (AvgIpc) is 2.96. The van der Waals surface area contributed by atoms with Crippen LogP contribution >= 0.6 is 11.6 Å². The molecule has 108 valence electrons. The van der Waals surface area contributed by atoms with Crippen LogP contribution in [-0.4, -0.2) is 10.9 Å². The number of benzene rings is 2. The van der Waals surface area contributed by atoms with Gasteiger partial charge in [-0.05, 0) is 42.0 Å². The summed E-state index contributed by atoms with van der Waals surface area (Å²) in [4.78, 5) is 15.2. The van der Waals surface area contributed by atoms with E-state index in [2.05, 4.69) is 16.4 Å². The lowest BCUT2D eigenvalue weighted by Crippen LogP contribution is -2.23. The van der Waals surface area contributed by atoms with Crippen molar-refractivity contribution in [1.82, 2.24) is 10.3 Å². The third-order valence-electron chi connectivity index (χ3n) is 3.34. The number of carbonyl (C=O) groups excluding carboxylic acids is 1. The van der Waals surface area contributed by atoms with E-state index in [0.717, 1.165) is 16.5 Å². The van der Waals surface area contributed by atoms with Crippen LogP contribution in [0.4, 0.5) is 0 Å². The molecular weight excluding hydrogens is 298 g/mol. The van der Waals surface area contributed by atoms with Gasteiger partial charge in [0.25, 0.3) is 5.91 Å². The number of nitriles is 1. The van der Waals surface area contributed by atoms with Gasteiger partial charge in [0, 0.05) is 22.5 Å². The summed E-state index contributed by atoms with van der Waals surface area (Å²) in [6.45, 7) is 0.366. The Morgan fingerprint density at radius 3 is 2.91 bits per heavy atom. The fourth-order valence-corrected chi connectivity index (χ4v) is 2.43. The lowest BCUT2D eigenvalue weighted by molar-refractivity contribution is 0.0947. The van der Waals surface area contributed by atoms with Crippen LogP contribution in [0.2, 0.25) is 5.02 Å². The van der Waals surface area contributed by atoms with Crippen molar-refractivity contribution in [2.75, 3.05) is 0 Å². The maximum atomic E-state index is 12.2. The molecule has 0 atom stereocenters. The van der Waals surface area contributed by atoms with Gasteiger partial charge in [-0.2, -0.15) is 5.26 Å². The zero-order valence-electron chi connectivity index (χ0n) is 11.6. The maximum Gasteiger partial charge on any atom is 0.267 e. The molecule has 0 saturated heterocycles. The molecule has 4 nitrogen and oxygen atoms in total. The third-order valence-corrected chi connectivity index (χ3v) is 3.57. The Balaban J connectivity index is 1.74. The number of carbonyl (C=O) groups is 1. The highest BCUT2D eigenvalue weighted by molar-refractivity contribution is 6.31. The first-order chi connectivity index (χ1) is 10.7. The van der Waals surface area contributed by atoms with Gasteiger partial charge in [-0.1, -0.05) is 23.7 Å². The highest BCUT2D eigenvalue weighted by Gasteiger charge is 2.09. The van der Waals surface area contributed by atoms with Crippen molar-refractivity contribution < 1.29 is 4.79 Å². The highest BCUT2D eigenvalue weighted by atomic mass is 35.5. The number of hydrogen-bond acceptors (Lipinski definition) is 2. The second kappa shape index (κ2) is 5.92. The molecule has 0 aliphatic carbocycles. The molecule has 0 fully saturated rings. The Morgan fingerprint density at radius 2 is 2.09 bits per heavy atom. The number of nitrogens with zero attached hydrogens (tertiary/aromatic N) is 1. The number of fused-ring (bicyclic) bond motifs is 1. The molecule has 2 N–H and O–H groups in total. The predicted molar refractivity (Wildman–Crippen MR) is 85.6 cm³/mol. The number of hydrogen-bond donors (Lipinski definition) is 2. The van der Waals surface area contributed by atoms with Crippen molar-refractivity contribution in [3.05, 3.63) is 70.4 Å². The summed E-state index contributed by atoms with van der Waals surface area (Å²) in [7, 11) is 0. The smallest absolute Gasteiger partial charge is 0.267 e. The van der Waals surface area contributed by atoms with E-state index < -0.39 is 0 Å². The summed E-state index contributed by atoms with van der Waals surface area (Å²) in [5, 5.41) is 13.2. The molecule has 0 aliphatic heterocycles. The Bertz CT molecular complexity index is 892. The minimum atomic E-state index is -0.199. The van der Waals surface area contributed by atoms with E-state index in [1.807, 2.05) is 12.1 Å². The van der Waals surface area contributed by atoms with Crippen molar-refractivity contribution >= 4 is 28.4 Å². The van der Waals surface area contributed by atoms with Crippen molar-refractivity contribution in [1.29, 1.82) is 5.26 Å². The molecule has 3 aromatic rings. The number of aromatic nitrogens is 1. The zero-order chi connectivity index (χ0) is 15.5. The van der Waals surface area contributed by atoms with Crippen LogP contribution in [0.25, 0.3) is 10.9 Å². The molecule has 1 aromatic heterocycles. The van der Waals surface area contributed by atoms with Crippen LogP contribution < -0.4 is 5.32 Å². The lowest BCUT2D eigenvalue weighted by Gasteiger charge is -2.04. The van der Waals surface area contributed by atoms with E-state index in [0.29, 0.717) is 22.8 Å². The molecule has 0 radical (unpaired) electrons. The van der Waals surface area contributed by atoms with Crippen LogP contribution in [0.5, 0.6) is 0 Å². The largest absolute Gasteiger partial charge is 0.351 e. The highest BCUT2D eigenvalue weighted by Crippen LogP contribution is 2.20. The Labute approximate surface area is 132 Å². The fourth-order valence-electron chi connectivity index (χ4n) is 2.25. The van der Waals surface area contributed by atoms with Crippen molar-refractivity contribution in [3.63, 3.8) is 0 Å². The van der Waals surface area contributed by atoms with E-state index in [1.54, 1.807) is 36.4 Å². The molecule has 1 heterocycles. The number of rotatable bonds is 3. The number of halogens is 1. The van der Waals surface area contributed by atoms with Gasteiger partial charge in [0.05, 0.1) is 11.6 Å². The molecule has 0 spiro atoms. The molecular formula is C17H12ClN3O. The third kappa shape index (κ3) is 2.95. The van der Waals surface area contributed by atoms with Gasteiger partial charge < -0.3 is 10.3 Å². The van der Waals surface area contributed by atoms with Crippen molar-refractivity contribution in [2.45, 2.75) is 6.54 Å². The van der Waals surface area contributed by atoms with E-state index in [9.17, 15) is 4.79 Å². The van der Waals surface area contributed by atoms with E-state index in [1.165, 1.54) is 0 Å². The summed E-state index contributed by atoms with van der Waals surface area (Å²) in [5.74, 6) is -0.199. The second-order valence-corrected chi connectivity index (χ2v) is 5.35. The van der Waals surface area contributed by atoms with Gasteiger partial charge in [-0.15, -0.1) is 0 Å². The normalized spacial score (nSPS) is 10.4. The van der Waals surface area contributed by atoms with Crippen LogP contribution in [0, 0.1) is 11.3 Å². The molecule has 0 unspecified atom stereocenters. The molecule has 0 saturated carbocycles. The van der Waals surface area contributed by atoms with Crippen LogP contribution in [0.1, 0.15) is 21.6 Å². The predicted octanol–water partition coefficient (Wildman–Crippen LogP) is 3.62. The first-order valence-corrected chi connectivity index (χ1v) is 7.09. The minimum Gasteiger partial charge on any atom is -0.351 e. The van der Waals surface area contributed by atoms with Gasteiger partial charge in [0.2, 0.25) is 0 Å². The Morgan fingerprint density at radius 1 is 1.23 bits per heavy atom. The van der Waals surface area contributed by atoms with Crippen molar-refractivity contribution in [3.8, 4) is 6.07 Å². The summed E-state index contributed by atoms with van der Waals surface area (Å²) < 4.78 is 0. The molecule has 5 heteroatoms. The molecule has 0 bridgehead atoms. The van der Waals surface area contributed by atoms with Gasteiger partial charge in [-0.3, -0.25) is 4.79 Å². The average molecular weight is 310 g/mol. The molecule has 0 aliphatic rings. The summed E-state index contributed by atoms with van der Waals surface area (Å²) >= 11 is 5.94. The first kappa shape index (κ1) is 14.2. The summed E-state index contributed by atoms with van der Waals surface area (Å²) in [5.41, 5.74) is 2.80. The molecule has 22 heavy (non-hydrogen) atoms. The minimum absolute atomic E-state index is 0.199. The maximum absolute atomic E-state index is 12.2. The second-order valence-electron chi connectivity index (χ2n) is 4.91. The number of nitrogens with one attached hydrogen (secondary N) is 2. The number of amides is 1.